The number of carbonyl (C=O) groups excluding carboxylic acids is 2. The number of allylic oxidation sites excluding steroid dienone is 1. The highest BCUT2D eigenvalue weighted by molar-refractivity contribution is 5.95. The first-order valence-electron chi connectivity index (χ1n) is 4.73. The summed E-state index contributed by atoms with van der Waals surface area (Å²) in [5.74, 6) is -0.677. The lowest BCUT2D eigenvalue weighted by Gasteiger charge is -2.16. The molecule has 3 heteroatoms. The van der Waals surface area contributed by atoms with Gasteiger partial charge in [-0.2, -0.15) is 0 Å². The van der Waals surface area contributed by atoms with E-state index in [1.54, 1.807) is 20.8 Å². The van der Waals surface area contributed by atoms with Crippen LogP contribution >= 0.6 is 0 Å². The lowest BCUT2D eigenvalue weighted by Crippen LogP contribution is -2.24. The van der Waals surface area contributed by atoms with Gasteiger partial charge < -0.3 is 4.74 Å². The molecule has 0 N–H and O–H groups in total. The van der Waals surface area contributed by atoms with E-state index in [0.29, 0.717) is 6.42 Å². The van der Waals surface area contributed by atoms with Crippen LogP contribution in [0, 0.1) is 5.41 Å². The Bertz CT molecular complexity index is 246. The zero-order chi connectivity index (χ0) is 11.4. The Morgan fingerprint density at radius 3 is 2.14 bits per heavy atom. The summed E-state index contributed by atoms with van der Waals surface area (Å²) >= 11 is 0. The first-order chi connectivity index (χ1) is 6.29. The molecule has 0 rings (SSSR count). The van der Waals surface area contributed by atoms with Crippen LogP contribution in [0.3, 0.4) is 0 Å². The minimum absolute atomic E-state index is 0.0493. The van der Waals surface area contributed by atoms with Gasteiger partial charge >= 0.3 is 5.97 Å². The van der Waals surface area contributed by atoms with Crippen LogP contribution in [0.15, 0.2) is 12.3 Å². The summed E-state index contributed by atoms with van der Waals surface area (Å²) in [6.45, 7) is 10.5. The highest BCUT2D eigenvalue weighted by Crippen LogP contribution is 2.17. The van der Waals surface area contributed by atoms with Crippen molar-refractivity contribution in [2.75, 3.05) is 0 Å². The molecule has 0 aromatic carbocycles. The molecule has 0 spiro atoms. The second-order valence-electron chi connectivity index (χ2n) is 4.24. The number of Topliss-reactive ketones (excluding diaryl/α,β-unsaturated/α-hetero) is 1. The summed E-state index contributed by atoms with van der Waals surface area (Å²) in [6, 6.07) is 0. The molecule has 0 bridgehead atoms. The molecule has 0 saturated carbocycles. The van der Waals surface area contributed by atoms with E-state index >= 15 is 0 Å². The van der Waals surface area contributed by atoms with Crippen molar-refractivity contribution >= 4 is 11.8 Å². The molecule has 3 nitrogen and oxygen atoms in total. The normalized spacial score (nSPS) is 10.9. The Morgan fingerprint density at radius 1 is 1.29 bits per heavy atom. The number of hydrogen-bond donors (Lipinski definition) is 0. The molecule has 14 heavy (non-hydrogen) atoms. The summed E-state index contributed by atoms with van der Waals surface area (Å²) < 4.78 is 4.85. The largest absolute Gasteiger partial charge is 0.423 e. The molecular formula is C11H18O3. The lowest BCUT2D eigenvalue weighted by atomic mass is 9.97. The molecule has 0 heterocycles. The summed E-state index contributed by atoms with van der Waals surface area (Å²) in [4.78, 5) is 22.6. The third-order valence-electron chi connectivity index (χ3n) is 1.62. The van der Waals surface area contributed by atoms with Crippen LogP contribution in [0.1, 0.15) is 40.5 Å². The van der Waals surface area contributed by atoms with Crippen molar-refractivity contribution in [2.45, 2.75) is 40.5 Å². The average molecular weight is 198 g/mol. The van der Waals surface area contributed by atoms with Crippen LogP contribution in [0.4, 0.5) is 0 Å². The Kier molecular flexibility index (Phi) is 4.54. The van der Waals surface area contributed by atoms with Gasteiger partial charge in [0, 0.05) is 6.42 Å². The molecule has 0 aliphatic carbocycles. The fourth-order valence-corrected chi connectivity index (χ4v) is 0.688. The van der Waals surface area contributed by atoms with Gasteiger partial charge in [-0.15, -0.1) is 0 Å². The fraction of sp³-hybridized carbons (Fsp3) is 0.636. The molecule has 0 amide bonds. The molecule has 0 unspecified atom stereocenters. The van der Waals surface area contributed by atoms with Crippen molar-refractivity contribution in [3.63, 3.8) is 0 Å². The topological polar surface area (TPSA) is 43.4 Å². The van der Waals surface area contributed by atoms with E-state index in [0.717, 1.165) is 6.42 Å². The van der Waals surface area contributed by atoms with Gasteiger partial charge in [0.05, 0.1) is 5.41 Å². The van der Waals surface area contributed by atoms with Crippen LogP contribution in [0.5, 0.6) is 0 Å². The SMILES string of the molecule is C=C(OC(=O)C(C)(C)C)C(=O)CCC. The summed E-state index contributed by atoms with van der Waals surface area (Å²) in [5.41, 5.74) is -0.602. The zero-order valence-electron chi connectivity index (χ0n) is 9.35. The minimum Gasteiger partial charge on any atom is -0.423 e. The number of esters is 1. The van der Waals surface area contributed by atoms with Crippen LogP contribution in [0.2, 0.25) is 0 Å². The second kappa shape index (κ2) is 4.94. The number of rotatable bonds is 4. The monoisotopic (exact) mass is 198 g/mol. The number of hydrogen-bond acceptors (Lipinski definition) is 3. The van der Waals surface area contributed by atoms with Crippen LogP contribution in [-0.4, -0.2) is 11.8 Å². The van der Waals surface area contributed by atoms with E-state index in [-0.39, 0.29) is 11.5 Å². The van der Waals surface area contributed by atoms with Gasteiger partial charge in [0.1, 0.15) is 0 Å². The van der Waals surface area contributed by atoms with Gasteiger partial charge in [0.25, 0.3) is 0 Å². The summed E-state index contributed by atoms with van der Waals surface area (Å²) in [5, 5.41) is 0. The number of carbonyl (C=O) groups is 2. The molecule has 0 aromatic rings. The molecule has 0 aliphatic rings. The van der Waals surface area contributed by atoms with E-state index in [9.17, 15) is 9.59 Å². The van der Waals surface area contributed by atoms with Gasteiger partial charge in [-0.1, -0.05) is 13.5 Å². The van der Waals surface area contributed by atoms with Gasteiger partial charge in [-0.05, 0) is 27.2 Å². The molecule has 80 valence electrons. The standard InChI is InChI=1S/C11H18O3/c1-6-7-9(12)8(2)14-10(13)11(3,4)5/h2,6-7H2,1,3-5H3. The predicted octanol–water partition coefficient (Wildman–Crippen LogP) is 2.46. The van der Waals surface area contributed by atoms with E-state index in [1.165, 1.54) is 0 Å². The van der Waals surface area contributed by atoms with Gasteiger partial charge in [-0.25, -0.2) is 0 Å². The summed E-state index contributed by atoms with van der Waals surface area (Å²) in [7, 11) is 0. The third-order valence-corrected chi connectivity index (χ3v) is 1.62. The summed E-state index contributed by atoms with van der Waals surface area (Å²) in [6.07, 6.45) is 1.10. The Labute approximate surface area is 85.1 Å². The second-order valence-corrected chi connectivity index (χ2v) is 4.24. The maximum atomic E-state index is 11.3. The van der Waals surface area contributed by atoms with Crippen molar-refractivity contribution in [3.05, 3.63) is 12.3 Å². The van der Waals surface area contributed by atoms with E-state index in [4.69, 9.17) is 4.74 Å². The van der Waals surface area contributed by atoms with E-state index < -0.39 is 11.4 Å². The van der Waals surface area contributed by atoms with Crippen LogP contribution in [-0.2, 0) is 14.3 Å². The fourth-order valence-electron chi connectivity index (χ4n) is 0.688. The number of ether oxygens (including phenoxy) is 1. The maximum Gasteiger partial charge on any atom is 0.316 e. The Hall–Kier alpha value is -1.12. The van der Waals surface area contributed by atoms with Crippen molar-refractivity contribution in [1.29, 1.82) is 0 Å². The van der Waals surface area contributed by atoms with Gasteiger partial charge in [0.15, 0.2) is 11.5 Å². The first kappa shape index (κ1) is 12.9. The molecule has 0 aromatic heterocycles. The molecule has 0 saturated heterocycles. The smallest absolute Gasteiger partial charge is 0.316 e. The van der Waals surface area contributed by atoms with Crippen molar-refractivity contribution in [2.24, 2.45) is 5.41 Å². The van der Waals surface area contributed by atoms with Crippen molar-refractivity contribution in [3.8, 4) is 0 Å². The van der Waals surface area contributed by atoms with E-state index in [2.05, 4.69) is 6.58 Å². The Morgan fingerprint density at radius 2 is 1.79 bits per heavy atom. The van der Waals surface area contributed by atoms with E-state index in [1.807, 2.05) is 6.92 Å². The third kappa shape index (κ3) is 4.21. The molecule has 0 fully saturated rings. The lowest BCUT2D eigenvalue weighted by molar-refractivity contribution is -0.150. The van der Waals surface area contributed by atoms with Crippen LogP contribution in [0.25, 0.3) is 0 Å². The highest BCUT2D eigenvalue weighted by atomic mass is 16.5. The van der Waals surface area contributed by atoms with Gasteiger partial charge in [-0.3, -0.25) is 9.59 Å². The Balaban J connectivity index is 4.21. The molecular weight excluding hydrogens is 180 g/mol. The quantitative estimate of drug-likeness (QED) is 0.396. The van der Waals surface area contributed by atoms with Crippen molar-refractivity contribution < 1.29 is 14.3 Å². The average Bonchev–Trinajstić information content (AvgIpc) is 2.02. The molecule has 0 aliphatic heterocycles. The molecule has 0 atom stereocenters. The predicted molar refractivity (Wildman–Crippen MR) is 54.6 cm³/mol. The minimum atomic E-state index is -0.602. The van der Waals surface area contributed by atoms with Crippen molar-refractivity contribution in [1.82, 2.24) is 0 Å². The first-order valence-corrected chi connectivity index (χ1v) is 4.73. The van der Waals surface area contributed by atoms with Crippen LogP contribution < -0.4 is 0 Å². The number of ketones is 1. The maximum absolute atomic E-state index is 11.3. The molecule has 0 radical (unpaired) electrons. The van der Waals surface area contributed by atoms with Gasteiger partial charge in [0.2, 0.25) is 0 Å². The highest BCUT2D eigenvalue weighted by Gasteiger charge is 2.25. The zero-order valence-corrected chi connectivity index (χ0v) is 9.35.